The molecule has 0 aromatic carbocycles. The highest BCUT2D eigenvalue weighted by Crippen LogP contribution is 2.11. The van der Waals surface area contributed by atoms with E-state index in [-0.39, 0.29) is 12.1 Å². The van der Waals surface area contributed by atoms with Crippen molar-refractivity contribution in [3.05, 3.63) is 12.2 Å². The Hall–Kier alpha value is -0.830. The van der Waals surface area contributed by atoms with Gasteiger partial charge in [0.15, 0.2) is 0 Å². The Balaban J connectivity index is 2.11. The third-order valence-electron chi connectivity index (χ3n) is 1.74. The van der Waals surface area contributed by atoms with Gasteiger partial charge in [-0.1, -0.05) is 6.08 Å². The maximum Gasteiger partial charge on any atom is 0.330 e. The minimum Gasteiger partial charge on any atom is -0.460 e. The predicted molar refractivity (Wildman–Crippen MR) is 44.7 cm³/mol. The molecule has 1 aliphatic heterocycles. The van der Waals surface area contributed by atoms with Gasteiger partial charge in [-0.15, -0.1) is 0 Å². The number of hydrogen-bond acceptors (Lipinski definition) is 3. The molecule has 0 saturated carbocycles. The number of allylic oxidation sites excluding steroid dienone is 1. The third kappa shape index (κ3) is 3.05. The zero-order valence-corrected chi connectivity index (χ0v) is 7.29. The summed E-state index contributed by atoms with van der Waals surface area (Å²) in [5, 5.41) is 0. The highest BCUT2D eigenvalue weighted by molar-refractivity contribution is 5.81. The molecule has 3 nitrogen and oxygen atoms in total. The second-order valence-electron chi connectivity index (χ2n) is 2.77. The molecule has 3 heteroatoms. The van der Waals surface area contributed by atoms with Gasteiger partial charge < -0.3 is 9.47 Å². The Bertz CT molecular complexity index is 169. The molecule has 1 atom stereocenters. The molecular weight excluding hydrogens is 156 g/mol. The van der Waals surface area contributed by atoms with Gasteiger partial charge in [-0.3, -0.25) is 0 Å². The third-order valence-corrected chi connectivity index (χ3v) is 1.74. The molecule has 0 bridgehead atoms. The van der Waals surface area contributed by atoms with Crippen LogP contribution in [-0.2, 0) is 14.3 Å². The highest BCUT2D eigenvalue weighted by Gasteiger charge is 2.16. The van der Waals surface area contributed by atoms with Crippen molar-refractivity contribution in [2.75, 3.05) is 13.2 Å². The maximum atomic E-state index is 10.8. The van der Waals surface area contributed by atoms with E-state index in [9.17, 15) is 4.79 Å². The predicted octanol–water partition coefficient (Wildman–Crippen LogP) is 1.28. The van der Waals surface area contributed by atoms with E-state index in [4.69, 9.17) is 9.47 Å². The van der Waals surface area contributed by atoms with Crippen LogP contribution in [0.5, 0.6) is 0 Å². The maximum absolute atomic E-state index is 10.8. The van der Waals surface area contributed by atoms with Crippen LogP contribution in [-0.4, -0.2) is 25.3 Å². The Morgan fingerprint density at radius 3 is 3.17 bits per heavy atom. The molecule has 0 amide bonds. The molecule has 1 heterocycles. The molecule has 0 N–H and O–H groups in total. The highest BCUT2D eigenvalue weighted by atomic mass is 16.6. The largest absolute Gasteiger partial charge is 0.460 e. The van der Waals surface area contributed by atoms with Crippen LogP contribution in [0.1, 0.15) is 19.8 Å². The first-order valence-corrected chi connectivity index (χ1v) is 4.24. The van der Waals surface area contributed by atoms with E-state index in [1.54, 1.807) is 13.0 Å². The summed E-state index contributed by atoms with van der Waals surface area (Å²) in [5.41, 5.74) is 0. The topological polar surface area (TPSA) is 35.5 Å². The van der Waals surface area contributed by atoms with Gasteiger partial charge in [0, 0.05) is 12.7 Å². The second-order valence-corrected chi connectivity index (χ2v) is 2.77. The van der Waals surface area contributed by atoms with Gasteiger partial charge in [-0.25, -0.2) is 4.79 Å². The van der Waals surface area contributed by atoms with Crippen molar-refractivity contribution in [1.29, 1.82) is 0 Å². The lowest BCUT2D eigenvalue weighted by atomic mass is 10.2. The van der Waals surface area contributed by atoms with E-state index in [1.165, 1.54) is 6.08 Å². The lowest BCUT2D eigenvalue weighted by molar-refractivity contribution is -0.140. The minimum atomic E-state index is -0.284. The fourth-order valence-corrected chi connectivity index (χ4v) is 1.14. The van der Waals surface area contributed by atoms with Crippen molar-refractivity contribution in [2.24, 2.45) is 0 Å². The summed E-state index contributed by atoms with van der Waals surface area (Å²) in [7, 11) is 0. The summed E-state index contributed by atoms with van der Waals surface area (Å²) < 4.78 is 10.2. The van der Waals surface area contributed by atoms with Crippen molar-refractivity contribution in [1.82, 2.24) is 0 Å². The first kappa shape index (κ1) is 9.26. The van der Waals surface area contributed by atoms with Crippen LogP contribution in [0.25, 0.3) is 0 Å². The number of carbonyl (C=O) groups excluding carboxylic acids is 1. The molecule has 0 aromatic rings. The number of esters is 1. The van der Waals surface area contributed by atoms with Gasteiger partial charge in [0.05, 0.1) is 6.10 Å². The first-order chi connectivity index (χ1) is 5.83. The quantitative estimate of drug-likeness (QED) is 0.473. The Morgan fingerprint density at radius 1 is 1.75 bits per heavy atom. The Kier molecular flexibility index (Phi) is 3.80. The summed E-state index contributed by atoms with van der Waals surface area (Å²) in [6.45, 7) is 2.97. The van der Waals surface area contributed by atoms with Gasteiger partial charge in [-0.2, -0.15) is 0 Å². The smallest absolute Gasteiger partial charge is 0.330 e. The van der Waals surface area contributed by atoms with E-state index < -0.39 is 0 Å². The second kappa shape index (κ2) is 4.93. The number of carbonyl (C=O) groups is 1. The summed E-state index contributed by atoms with van der Waals surface area (Å²) in [6, 6.07) is 0. The fourth-order valence-electron chi connectivity index (χ4n) is 1.14. The normalized spacial score (nSPS) is 23.2. The molecule has 1 aliphatic rings. The summed E-state index contributed by atoms with van der Waals surface area (Å²) >= 11 is 0. The molecular formula is C9H14O3. The van der Waals surface area contributed by atoms with Crippen LogP contribution < -0.4 is 0 Å². The zero-order chi connectivity index (χ0) is 8.81. The van der Waals surface area contributed by atoms with E-state index in [0.29, 0.717) is 6.61 Å². The van der Waals surface area contributed by atoms with E-state index >= 15 is 0 Å². The van der Waals surface area contributed by atoms with Gasteiger partial charge in [0.1, 0.15) is 6.61 Å². The number of hydrogen-bond donors (Lipinski definition) is 0. The van der Waals surface area contributed by atoms with E-state index in [0.717, 1.165) is 19.4 Å². The summed E-state index contributed by atoms with van der Waals surface area (Å²) in [6.07, 6.45) is 5.28. The molecule has 12 heavy (non-hydrogen) atoms. The van der Waals surface area contributed by atoms with E-state index in [1.807, 2.05) is 0 Å². The van der Waals surface area contributed by atoms with Crippen LogP contribution in [0.3, 0.4) is 0 Å². The average molecular weight is 170 g/mol. The van der Waals surface area contributed by atoms with Crippen LogP contribution in [0, 0.1) is 0 Å². The molecule has 0 radical (unpaired) electrons. The van der Waals surface area contributed by atoms with Crippen molar-refractivity contribution in [3.8, 4) is 0 Å². The molecule has 1 saturated heterocycles. The molecule has 1 fully saturated rings. The van der Waals surface area contributed by atoms with Gasteiger partial charge in [0.25, 0.3) is 0 Å². The summed E-state index contributed by atoms with van der Waals surface area (Å²) in [5.74, 6) is -0.284. The lowest BCUT2D eigenvalue weighted by Gasteiger charge is -2.07. The molecule has 68 valence electrons. The van der Waals surface area contributed by atoms with Crippen molar-refractivity contribution in [2.45, 2.75) is 25.9 Å². The van der Waals surface area contributed by atoms with Crippen LogP contribution in [0.15, 0.2) is 12.2 Å². The fraction of sp³-hybridized carbons (Fsp3) is 0.667. The molecule has 0 aromatic heterocycles. The minimum absolute atomic E-state index is 0.124. The molecule has 1 rings (SSSR count). The van der Waals surface area contributed by atoms with Crippen molar-refractivity contribution >= 4 is 5.97 Å². The zero-order valence-electron chi connectivity index (χ0n) is 7.29. The van der Waals surface area contributed by atoms with Crippen molar-refractivity contribution in [3.63, 3.8) is 0 Å². The monoisotopic (exact) mass is 170 g/mol. The standard InChI is InChI=1S/C9H14O3/c1-2-4-9(10)12-7-8-5-3-6-11-8/h2,4,8H,3,5-7H2,1H3. The molecule has 0 spiro atoms. The Labute approximate surface area is 72.4 Å². The average Bonchev–Trinajstić information content (AvgIpc) is 2.53. The van der Waals surface area contributed by atoms with Gasteiger partial charge in [0.2, 0.25) is 0 Å². The Morgan fingerprint density at radius 2 is 2.58 bits per heavy atom. The van der Waals surface area contributed by atoms with Gasteiger partial charge >= 0.3 is 5.97 Å². The van der Waals surface area contributed by atoms with Gasteiger partial charge in [-0.05, 0) is 19.8 Å². The van der Waals surface area contributed by atoms with E-state index in [2.05, 4.69) is 0 Å². The van der Waals surface area contributed by atoms with Crippen LogP contribution in [0.2, 0.25) is 0 Å². The summed E-state index contributed by atoms with van der Waals surface area (Å²) in [4.78, 5) is 10.8. The lowest BCUT2D eigenvalue weighted by Crippen LogP contribution is -2.16. The molecule has 1 unspecified atom stereocenters. The molecule has 0 aliphatic carbocycles. The number of rotatable bonds is 3. The SMILES string of the molecule is CC=CC(=O)OCC1CCCO1. The van der Waals surface area contributed by atoms with Crippen LogP contribution in [0.4, 0.5) is 0 Å². The number of ether oxygens (including phenoxy) is 2. The first-order valence-electron chi connectivity index (χ1n) is 4.24. The van der Waals surface area contributed by atoms with Crippen LogP contribution >= 0.6 is 0 Å². The van der Waals surface area contributed by atoms with Crippen molar-refractivity contribution < 1.29 is 14.3 Å².